The van der Waals surface area contributed by atoms with E-state index in [2.05, 4.69) is 46.9 Å². The van der Waals surface area contributed by atoms with Gasteiger partial charge in [-0.3, -0.25) is 4.79 Å². The number of rotatable bonds is 7. The van der Waals surface area contributed by atoms with Gasteiger partial charge in [0.1, 0.15) is 0 Å². The smallest absolute Gasteiger partial charge is 0.237 e. The molecule has 0 aliphatic heterocycles. The van der Waals surface area contributed by atoms with Crippen molar-refractivity contribution < 1.29 is 4.79 Å². The fourth-order valence-corrected chi connectivity index (χ4v) is 2.42. The largest absolute Gasteiger partial charge is 0.368 e. The molecular weight excluding hydrogens is 200 g/mol. The molecule has 0 heterocycles. The number of primary amides is 1. The Balaban J connectivity index is 4.96. The second-order valence-corrected chi connectivity index (χ2v) is 5.94. The number of carbonyl (C=O) groups excluding carboxylic acids is 1. The van der Waals surface area contributed by atoms with Crippen LogP contribution in [-0.4, -0.2) is 17.5 Å². The molecule has 0 rings (SSSR count). The molecule has 3 nitrogen and oxygen atoms in total. The summed E-state index contributed by atoms with van der Waals surface area (Å²) in [5.74, 6) is 0.693. The Hall–Kier alpha value is -0.570. The Morgan fingerprint density at radius 1 is 1.06 bits per heavy atom. The number of nitrogens with one attached hydrogen (secondary N) is 1. The summed E-state index contributed by atoms with van der Waals surface area (Å²) in [6.07, 6.45) is 1.61. The van der Waals surface area contributed by atoms with Gasteiger partial charge in [0, 0.05) is 6.04 Å². The normalized spacial score (nSPS) is 12.8. The van der Waals surface area contributed by atoms with Gasteiger partial charge < -0.3 is 11.1 Å². The molecule has 0 aromatic rings. The Morgan fingerprint density at radius 2 is 1.44 bits per heavy atom. The highest BCUT2D eigenvalue weighted by molar-refractivity contribution is 5.84. The van der Waals surface area contributed by atoms with Gasteiger partial charge >= 0.3 is 0 Å². The molecule has 0 aromatic heterocycles. The second-order valence-electron chi connectivity index (χ2n) is 5.94. The van der Waals surface area contributed by atoms with Crippen LogP contribution in [0.5, 0.6) is 0 Å². The molecule has 0 radical (unpaired) electrons. The summed E-state index contributed by atoms with van der Waals surface area (Å²) in [5, 5.41) is 3.38. The minimum absolute atomic E-state index is 0.219. The van der Waals surface area contributed by atoms with Gasteiger partial charge in [0.25, 0.3) is 0 Å². The van der Waals surface area contributed by atoms with Crippen molar-refractivity contribution in [3.8, 4) is 0 Å². The maximum absolute atomic E-state index is 11.8. The molecule has 0 spiro atoms. The minimum Gasteiger partial charge on any atom is -0.368 e. The number of amides is 1. The molecule has 96 valence electrons. The monoisotopic (exact) mass is 228 g/mol. The molecule has 0 fully saturated rings. The molecule has 1 amide bonds. The zero-order valence-corrected chi connectivity index (χ0v) is 11.6. The summed E-state index contributed by atoms with van der Waals surface area (Å²) in [6.45, 7) is 12.6. The Kier molecular flexibility index (Phi) is 6.01. The van der Waals surface area contributed by atoms with Gasteiger partial charge in [-0.05, 0) is 38.5 Å². The maximum atomic E-state index is 11.8. The van der Waals surface area contributed by atoms with Crippen LogP contribution in [0, 0.1) is 11.8 Å². The molecule has 0 unspecified atom stereocenters. The highest BCUT2D eigenvalue weighted by Crippen LogP contribution is 2.25. The fraction of sp³-hybridized carbons (Fsp3) is 0.923. The standard InChI is InChI=1S/C13H28N2O/c1-9(2)7-13(12(14)16,8-10(3)4)15-11(5)6/h9-11,15H,7-8H2,1-6H3,(H2,14,16). The van der Waals surface area contributed by atoms with E-state index >= 15 is 0 Å². The molecule has 0 aromatic carbocycles. The molecule has 0 bridgehead atoms. The van der Waals surface area contributed by atoms with E-state index in [0.717, 1.165) is 12.8 Å². The van der Waals surface area contributed by atoms with Crippen LogP contribution in [0.3, 0.4) is 0 Å². The second kappa shape index (κ2) is 6.24. The predicted octanol–water partition coefficient (Wildman–Crippen LogP) is 2.30. The zero-order valence-electron chi connectivity index (χ0n) is 11.6. The van der Waals surface area contributed by atoms with Gasteiger partial charge in [-0.25, -0.2) is 0 Å². The van der Waals surface area contributed by atoms with Gasteiger partial charge in [0.2, 0.25) is 5.91 Å². The number of nitrogens with two attached hydrogens (primary N) is 1. The van der Waals surface area contributed by atoms with Crippen molar-refractivity contribution in [2.45, 2.75) is 66.0 Å². The van der Waals surface area contributed by atoms with E-state index in [9.17, 15) is 4.79 Å². The highest BCUT2D eigenvalue weighted by atomic mass is 16.1. The van der Waals surface area contributed by atoms with Crippen LogP contribution in [-0.2, 0) is 4.79 Å². The van der Waals surface area contributed by atoms with Gasteiger partial charge in [0.15, 0.2) is 0 Å². The van der Waals surface area contributed by atoms with Crippen LogP contribution in [0.4, 0.5) is 0 Å². The highest BCUT2D eigenvalue weighted by Gasteiger charge is 2.37. The molecular formula is C13H28N2O. The molecule has 0 saturated carbocycles. The summed E-state index contributed by atoms with van der Waals surface area (Å²) in [5.41, 5.74) is 5.07. The molecule has 0 atom stereocenters. The molecule has 0 aliphatic carbocycles. The third-order valence-electron chi connectivity index (χ3n) is 2.55. The quantitative estimate of drug-likeness (QED) is 0.702. The number of hydrogen-bond donors (Lipinski definition) is 2. The topological polar surface area (TPSA) is 55.1 Å². The molecule has 3 heteroatoms. The maximum Gasteiger partial charge on any atom is 0.237 e. The predicted molar refractivity (Wildman–Crippen MR) is 69.1 cm³/mol. The van der Waals surface area contributed by atoms with Crippen LogP contribution in [0.25, 0.3) is 0 Å². The Labute approximate surface area is 100 Å². The van der Waals surface area contributed by atoms with E-state index in [-0.39, 0.29) is 11.9 Å². The van der Waals surface area contributed by atoms with E-state index in [1.165, 1.54) is 0 Å². The summed E-state index contributed by atoms with van der Waals surface area (Å²) >= 11 is 0. The summed E-state index contributed by atoms with van der Waals surface area (Å²) in [4.78, 5) is 11.8. The van der Waals surface area contributed by atoms with Gasteiger partial charge in [-0.2, -0.15) is 0 Å². The number of carbonyl (C=O) groups is 1. The van der Waals surface area contributed by atoms with E-state index in [1.54, 1.807) is 0 Å². The SMILES string of the molecule is CC(C)CC(CC(C)C)(NC(C)C)C(N)=O. The molecule has 0 aliphatic rings. The first-order valence-electron chi connectivity index (χ1n) is 6.27. The first kappa shape index (κ1) is 15.4. The first-order valence-corrected chi connectivity index (χ1v) is 6.27. The lowest BCUT2D eigenvalue weighted by molar-refractivity contribution is -0.126. The van der Waals surface area contributed by atoms with Crippen LogP contribution >= 0.6 is 0 Å². The van der Waals surface area contributed by atoms with Crippen molar-refractivity contribution in [3.05, 3.63) is 0 Å². The van der Waals surface area contributed by atoms with E-state index in [0.29, 0.717) is 11.8 Å². The van der Waals surface area contributed by atoms with Crippen molar-refractivity contribution in [1.82, 2.24) is 5.32 Å². The average molecular weight is 228 g/mol. The van der Waals surface area contributed by atoms with Crippen LogP contribution in [0.1, 0.15) is 54.4 Å². The van der Waals surface area contributed by atoms with E-state index in [1.807, 2.05) is 0 Å². The minimum atomic E-state index is -0.545. The third-order valence-corrected chi connectivity index (χ3v) is 2.55. The van der Waals surface area contributed by atoms with Gasteiger partial charge in [-0.15, -0.1) is 0 Å². The lowest BCUT2D eigenvalue weighted by Gasteiger charge is -2.36. The van der Waals surface area contributed by atoms with E-state index < -0.39 is 5.54 Å². The van der Waals surface area contributed by atoms with Crippen LogP contribution in [0.15, 0.2) is 0 Å². The van der Waals surface area contributed by atoms with Crippen LogP contribution < -0.4 is 11.1 Å². The Bertz CT molecular complexity index is 195. The zero-order chi connectivity index (χ0) is 12.9. The van der Waals surface area contributed by atoms with Crippen molar-refractivity contribution in [3.63, 3.8) is 0 Å². The van der Waals surface area contributed by atoms with Crippen molar-refractivity contribution in [2.24, 2.45) is 17.6 Å². The lowest BCUT2D eigenvalue weighted by atomic mass is 9.80. The molecule has 3 N–H and O–H groups in total. The lowest BCUT2D eigenvalue weighted by Crippen LogP contribution is -2.59. The summed E-state index contributed by atoms with van der Waals surface area (Å²) in [7, 11) is 0. The third kappa shape index (κ3) is 4.97. The van der Waals surface area contributed by atoms with Crippen LogP contribution in [0.2, 0.25) is 0 Å². The first-order chi connectivity index (χ1) is 7.19. The van der Waals surface area contributed by atoms with E-state index in [4.69, 9.17) is 5.73 Å². The number of hydrogen-bond acceptors (Lipinski definition) is 2. The van der Waals surface area contributed by atoms with Gasteiger partial charge in [0.05, 0.1) is 5.54 Å². The summed E-state index contributed by atoms with van der Waals surface area (Å²) < 4.78 is 0. The summed E-state index contributed by atoms with van der Waals surface area (Å²) in [6, 6.07) is 0.269. The molecule has 0 saturated heterocycles. The van der Waals surface area contributed by atoms with Crippen molar-refractivity contribution >= 4 is 5.91 Å². The van der Waals surface area contributed by atoms with Crippen molar-refractivity contribution in [1.29, 1.82) is 0 Å². The van der Waals surface area contributed by atoms with Crippen molar-refractivity contribution in [2.75, 3.05) is 0 Å². The average Bonchev–Trinajstić information content (AvgIpc) is 1.98. The Morgan fingerprint density at radius 3 is 1.62 bits per heavy atom. The molecule has 16 heavy (non-hydrogen) atoms. The van der Waals surface area contributed by atoms with Gasteiger partial charge in [-0.1, -0.05) is 27.7 Å². The fourth-order valence-electron chi connectivity index (χ4n) is 2.42.